The fourth-order valence-electron chi connectivity index (χ4n) is 2.20. The first-order chi connectivity index (χ1) is 9.49. The highest BCUT2D eigenvalue weighted by atomic mass is 16.6. The van der Waals surface area contributed by atoms with E-state index in [1.54, 1.807) is 19.1 Å². The number of nitrogens with one attached hydrogen (secondary N) is 2. The molecule has 7 heteroatoms. The third-order valence-corrected chi connectivity index (χ3v) is 3.50. The van der Waals surface area contributed by atoms with Crippen LogP contribution in [0, 0.1) is 23.0 Å². The maximum atomic E-state index is 12.0. The Morgan fingerprint density at radius 2 is 2.30 bits per heavy atom. The van der Waals surface area contributed by atoms with E-state index in [2.05, 4.69) is 10.6 Å². The van der Waals surface area contributed by atoms with E-state index in [9.17, 15) is 20.0 Å². The standard InChI is InChI=1S/C13H17N3O4/c1-8-2-3-9(4-11(8)16(19)20)13(18)15-6-10-5-14-7-12(10)17/h2-4,10,12,14,17H,5-7H2,1H3,(H,15,18). The molecule has 2 unspecified atom stereocenters. The maximum absolute atomic E-state index is 12.0. The smallest absolute Gasteiger partial charge is 0.273 e. The normalized spacial score (nSPS) is 21.7. The second kappa shape index (κ2) is 5.98. The summed E-state index contributed by atoms with van der Waals surface area (Å²) in [6, 6.07) is 4.38. The van der Waals surface area contributed by atoms with Crippen LogP contribution in [0.25, 0.3) is 0 Å². The molecule has 0 radical (unpaired) electrons. The predicted octanol–water partition coefficient (Wildman–Crippen LogP) is 0.213. The quantitative estimate of drug-likeness (QED) is 0.540. The molecule has 2 rings (SSSR count). The highest BCUT2D eigenvalue weighted by molar-refractivity contribution is 5.95. The Morgan fingerprint density at radius 1 is 1.55 bits per heavy atom. The van der Waals surface area contributed by atoms with Gasteiger partial charge in [-0.05, 0) is 13.0 Å². The van der Waals surface area contributed by atoms with Crippen LogP contribution >= 0.6 is 0 Å². The van der Waals surface area contributed by atoms with Crippen molar-refractivity contribution in [3.8, 4) is 0 Å². The van der Waals surface area contributed by atoms with Gasteiger partial charge in [0.1, 0.15) is 0 Å². The van der Waals surface area contributed by atoms with E-state index < -0.39 is 11.0 Å². The van der Waals surface area contributed by atoms with Gasteiger partial charge in [0.05, 0.1) is 11.0 Å². The zero-order valence-corrected chi connectivity index (χ0v) is 11.1. The Hall–Kier alpha value is -1.99. The lowest BCUT2D eigenvalue weighted by molar-refractivity contribution is -0.385. The van der Waals surface area contributed by atoms with Gasteiger partial charge >= 0.3 is 0 Å². The Kier molecular flexibility index (Phi) is 4.31. The number of nitro benzene ring substituents is 1. The molecule has 1 aliphatic heterocycles. The van der Waals surface area contributed by atoms with Gasteiger partial charge in [-0.3, -0.25) is 14.9 Å². The highest BCUT2D eigenvalue weighted by Crippen LogP contribution is 2.19. The van der Waals surface area contributed by atoms with E-state index in [1.807, 2.05) is 0 Å². The first-order valence-corrected chi connectivity index (χ1v) is 6.41. The Morgan fingerprint density at radius 3 is 2.90 bits per heavy atom. The van der Waals surface area contributed by atoms with E-state index in [1.165, 1.54) is 6.07 Å². The summed E-state index contributed by atoms with van der Waals surface area (Å²) in [4.78, 5) is 22.3. The van der Waals surface area contributed by atoms with Gasteiger partial charge in [0, 0.05) is 42.7 Å². The fraction of sp³-hybridized carbons (Fsp3) is 0.462. The summed E-state index contributed by atoms with van der Waals surface area (Å²) in [6.07, 6.45) is -0.470. The molecule has 0 spiro atoms. The number of carbonyl (C=O) groups is 1. The number of nitrogens with zero attached hydrogens (tertiary/aromatic N) is 1. The molecular formula is C13H17N3O4. The van der Waals surface area contributed by atoms with Crippen molar-refractivity contribution in [1.82, 2.24) is 10.6 Å². The SMILES string of the molecule is Cc1ccc(C(=O)NCC2CNCC2O)cc1[N+](=O)[O-]. The number of benzene rings is 1. The van der Waals surface area contributed by atoms with Crippen LogP contribution < -0.4 is 10.6 Å². The summed E-state index contributed by atoms with van der Waals surface area (Å²) in [6.45, 7) is 3.14. The largest absolute Gasteiger partial charge is 0.391 e. The molecule has 2 atom stereocenters. The molecule has 108 valence electrons. The van der Waals surface area contributed by atoms with Crippen LogP contribution in [0.1, 0.15) is 15.9 Å². The molecule has 7 nitrogen and oxygen atoms in total. The van der Waals surface area contributed by atoms with Gasteiger partial charge in [-0.2, -0.15) is 0 Å². The minimum atomic E-state index is -0.503. The first-order valence-electron chi connectivity index (χ1n) is 6.41. The number of β-amino-alcohol motifs (C(OH)–C–C–N with tert-alkyl or cyclic N) is 1. The van der Waals surface area contributed by atoms with Crippen LogP contribution in [0.4, 0.5) is 5.69 Å². The molecule has 0 aromatic heterocycles. The fourth-order valence-corrected chi connectivity index (χ4v) is 2.20. The molecule has 1 aliphatic rings. The number of hydrogen-bond donors (Lipinski definition) is 3. The van der Waals surface area contributed by atoms with Crippen molar-refractivity contribution in [3.63, 3.8) is 0 Å². The molecule has 3 N–H and O–H groups in total. The Balaban J connectivity index is 2.02. The average molecular weight is 279 g/mol. The zero-order valence-electron chi connectivity index (χ0n) is 11.1. The van der Waals surface area contributed by atoms with Crippen LogP contribution in [-0.4, -0.2) is 41.7 Å². The van der Waals surface area contributed by atoms with Gasteiger partial charge in [0.25, 0.3) is 11.6 Å². The number of aliphatic hydroxyl groups is 1. The van der Waals surface area contributed by atoms with Crippen LogP contribution in [0.2, 0.25) is 0 Å². The van der Waals surface area contributed by atoms with Crippen molar-refractivity contribution < 1.29 is 14.8 Å². The number of aryl methyl sites for hydroxylation is 1. The minimum Gasteiger partial charge on any atom is -0.391 e. The molecule has 0 aliphatic carbocycles. The second-order valence-corrected chi connectivity index (χ2v) is 4.95. The molecule has 0 saturated carbocycles. The summed E-state index contributed by atoms with van der Waals surface area (Å²) in [5.74, 6) is -0.397. The van der Waals surface area contributed by atoms with E-state index >= 15 is 0 Å². The van der Waals surface area contributed by atoms with Crippen molar-refractivity contribution in [1.29, 1.82) is 0 Å². The molecule has 1 fully saturated rings. The predicted molar refractivity (Wildman–Crippen MR) is 72.5 cm³/mol. The molecular weight excluding hydrogens is 262 g/mol. The molecule has 1 heterocycles. The molecule has 1 saturated heterocycles. The van der Waals surface area contributed by atoms with E-state index in [0.29, 0.717) is 25.2 Å². The molecule has 0 bridgehead atoms. The van der Waals surface area contributed by atoms with E-state index in [0.717, 1.165) is 0 Å². The summed E-state index contributed by atoms with van der Waals surface area (Å²) in [5.41, 5.74) is 0.699. The van der Waals surface area contributed by atoms with E-state index in [4.69, 9.17) is 0 Å². The average Bonchev–Trinajstić information content (AvgIpc) is 2.81. The Labute approximate surface area is 116 Å². The van der Waals surface area contributed by atoms with Crippen LogP contribution in [-0.2, 0) is 0 Å². The molecule has 1 aromatic rings. The van der Waals surface area contributed by atoms with Crippen molar-refractivity contribution in [2.75, 3.05) is 19.6 Å². The number of aliphatic hydroxyl groups excluding tert-OH is 1. The number of hydrogen-bond acceptors (Lipinski definition) is 5. The van der Waals surface area contributed by atoms with Crippen LogP contribution in [0.5, 0.6) is 0 Å². The van der Waals surface area contributed by atoms with Crippen molar-refractivity contribution in [3.05, 3.63) is 39.4 Å². The number of rotatable bonds is 4. The summed E-state index contributed by atoms with van der Waals surface area (Å²) in [7, 11) is 0. The van der Waals surface area contributed by atoms with Crippen molar-refractivity contribution in [2.45, 2.75) is 13.0 Å². The third-order valence-electron chi connectivity index (χ3n) is 3.50. The van der Waals surface area contributed by atoms with Gasteiger partial charge in [-0.1, -0.05) is 6.07 Å². The lowest BCUT2D eigenvalue weighted by Gasteiger charge is -2.14. The maximum Gasteiger partial charge on any atom is 0.273 e. The van der Waals surface area contributed by atoms with Crippen LogP contribution in [0.3, 0.4) is 0 Å². The number of carbonyl (C=O) groups excluding carboxylic acids is 1. The van der Waals surface area contributed by atoms with Gasteiger partial charge in [0.2, 0.25) is 0 Å². The summed E-state index contributed by atoms with van der Waals surface area (Å²) in [5, 5.41) is 26.2. The summed E-state index contributed by atoms with van der Waals surface area (Å²) >= 11 is 0. The minimum absolute atomic E-state index is 0.0283. The monoisotopic (exact) mass is 279 g/mol. The third kappa shape index (κ3) is 3.12. The topological polar surface area (TPSA) is 104 Å². The number of nitro groups is 1. The van der Waals surface area contributed by atoms with Crippen molar-refractivity contribution in [2.24, 2.45) is 5.92 Å². The molecule has 1 aromatic carbocycles. The van der Waals surface area contributed by atoms with E-state index in [-0.39, 0.29) is 23.1 Å². The first kappa shape index (κ1) is 14.4. The summed E-state index contributed by atoms with van der Waals surface area (Å²) < 4.78 is 0. The zero-order chi connectivity index (χ0) is 14.7. The second-order valence-electron chi connectivity index (χ2n) is 4.95. The Bertz CT molecular complexity index is 532. The van der Waals surface area contributed by atoms with Gasteiger partial charge in [0.15, 0.2) is 0 Å². The van der Waals surface area contributed by atoms with Gasteiger partial charge in [-0.25, -0.2) is 0 Å². The van der Waals surface area contributed by atoms with Crippen molar-refractivity contribution >= 4 is 11.6 Å². The number of amides is 1. The lowest BCUT2D eigenvalue weighted by Crippen LogP contribution is -2.34. The molecule has 1 amide bonds. The molecule has 20 heavy (non-hydrogen) atoms. The highest BCUT2D eigenvalue weighted by Gasteiger charge is 2.25. The van der Waals surface area contributed by atoms with Crippen LogP contribution in [0.15, 0.2) is 18.2 Å². The van der Waals surface area contributed by atoms with Gasteiger partial charge in [-0.15, -0.1) is 0 Å². The lowest BCUT2D eigenvalue weighted by atomic mass is 10.1. The van der Waals surface area contributed by atoms with Gasteiger partial charge < -0.3 is 15.7 Å².